The van der Waals surface area contributed by atoms with E-state index < -0.39 is 0 Å². The van der Waals surface area contributed by atoms with E-state index in [0.717, 1.165) is 55.0 Å². The van der Waals surface area contributed by atoms with Crippen LogP contribution in [0.3, 0.4) is 0 Å². The summed E-state index contributed by atoms with van der Waals surface area (Å²) >= 11 is 0. The highest BCUT2D eigenvalue weighted by Crippen LogP contribution is 2.45. The molecule has 1 aliphatic rings. The summed E-state index contributed by atoms with van der Waals surface area (Å²) in [6, 6.07) is 49.5. The first-order valence-electron chi connectivity index (χ1n) is 15.7. The van der Waals surface area contributed by atoms with Crippen LogP contribution in [-0.2, 0) is 0 Å². The van der Waals surface area contributed by atoms with E-state index in [1.165, 1.54) is 39.0 Å². The van der Waals surface area contributed by atoms with Crippen LogP contribution in [0.15, 0.2) is 148 Å². The largest absolute Gasteiger partial charge is 0.455 e. The Morgan fingerprint density at radius 3 is 1.87 bits per heavy atom. The van der Waals surface area contributed by atoms with Gasteiger partial charge in [-0.1, -0.05) is 84.9 Å². The molecule has 2 aromatic heterocycles. The van der Waals surface area contributed by atoms with Gasteiger partial charge in [-0.15, -0.1) is 0 Å². The molecule has 0 bridgehead atoms. The van der Waals surface area contributed by atoms with Crippen LogP contribution >= 0.6 is 0 Å². The lowest BCUT2D eigenvalue weighted by Gasteiger charge is -2.24. The van der Waals surface area contributed by atoms with E-state index in [1.54, 1.807) is 0 Å². The third-order valence-corrected chi connectivity index (χ3v) is 9.51. The van der Waals surface area contributed by atoms with Crippen molar-refractivity contribution < 1.29 is 8.83 Å². The maximum absolute atomic E-state index is 6.55. The van der Waals surface area contributed by atoms with Crippen molar-refractivity contribution in [1.82, 2.24) is 0 Å². The quantitative estimate of drug-likeness (QED) is 0.222. The number of benzene rings is 7. The van der Waals surface area contributed by atoms with Gasteiger partial charge in [0.25, 0.3) is 0 Å². The van der Waals surface area contributed by atoms with Crippen molar-refractivity contribution in [3.63, 3.8) is 0 Å². The summed E-state index contributed by atoms with van der Waals surface area (Å²) in [6.07, 6.45) is 0.178. The topological polar surface area (TPSA) is 41.5 Å². The Morgan fingerprint density at radius 2 is 1.13 bits per heavy atom. The van der Waals surface area contributed by atoms with Crippen LogP contribution in [0.5, 0.6) is 0 Å². The normalized spacial score (nSPS) is 14.5. The molecule has 0 aliphatic carbocycles. The number of nitrogens with zero attached hydrogens (tertiary/aromatic N) is 1. The molecule has 4 nitrogen and oxygen atoms in total. The lowest BCUT2D eigenvalue weighted by molar-refractivity contribution is 0.658. The van der Waals surface area contributed by atoms with Crippen LogP contribution in [-0.4, -0.2) is 6.17 Å². The Labute approximate surface area is 265 Å². The molecule has 46 heavy (non-hydrogen) atoms. The molecule has 4 heteroatoms. The highest BCUT2D eigenvalue weighted by Gasteiger charge is 2.26. The van der Waals surface area contributed by atoms with Gasteiger partial charge in [0.15, 0.2) is 0 Å². The third-order valence-electron chi connectivity index (χ3n) is 9.51. The molecule has 9 aromatic rings. The summed E-state index contributed by atoms with van der Waals surface area (Å²) in [5.74, 6) is 0. The summed E-state index contributed by atoms with van der Waals surface area (Å²) in [6.45, 7) is 2.20. The summed E-state index contributed by atoms with van der Waals surface area (Å²) < 4.78 is 13.1. The van der Waals surface area contributed by atoms with Gasteiger partial charge in [-0.25, -0.2) is 0 Å². The van der Waals surface area contributed by atoms with Gasteiger partial charge >= 0.3 is 0 Å². The molecule has 7 aromatic carbocycles. The number of anilines is 3. The second-order valence-electron chi connectivity index (χ2n) is 12.2. The molecule has 0 amide bonds. The number of nitrogens with one attached hydrogen (secondary N) is 1. The SMILES string of the molecule is CC1Nc2ccccc2N1c1cccc(-c2ccc3cc(-c4c5oc6ccccc6c5cc5c4oc4ccccc45)ccc3c2)c1. The van der Waals surface area contributed by atoms with Gasteiger partial charge in [-0.3, -0.25) is 0 Å². The van der Waals surface area contributed by atoms with Gasteiger partial charge in [-0.05, 0) is 89.0 Å². The van der Waals surface area contributed by atoms with E-state index in [-0.39, 0.29) is 6.17 Å². The Hall–Kier alpha value is -6.00. The van der Waals surface area contributed by atoms with Gasteiger partial charge in [0, 0.05) is 27.2 Å². The number of hydrogen-bond donors (Lipinski definition) is 1. The monoisotopic (exact) mass is 592 g/mol. The number of hydrogen-bond acceptors (Lipinski definition) is 4. The number of para-hydroxylation sites is 4. The van der Waals surface area contributed by atoms with Crippen LogP contribution < -0.4 is 10.2 Å². The van der Waals surface area contributed by atoms with Gasteiger partial charge in [0.1, 0.15) is 28.5 Å². The lowest BCUT2D eigenvalue weighted by atomic mass is 9.95. The van der Waals surface area contributed by atoms with E-state index in [1.807, 2.05) is 24.3 Å². The second-order valence-corrected chi connectivity index (χ2v) is 12.2. The van der Waals surface area contributed by atoms with Crippen LogP contribution in [0.1, 0.15) is 6.92 Å². The minimum absolute atomic E-state index is 0.178. The Balaban J connectivity index is 1.11. The zero-order valence-electron chi connectivity index (χ0n) is 25.1. The molecule has 0 saturated carbocycles. The van der Waals surface area contributed by atoms with Crippen molar-refractivity contribution in [2.75, 3.05) is 10.2 Å². The van der Waals surface area contributed by atoms with E-state index in [4.69, 9.17) is 8.83 Å². The fraction of sp³-hybridized carbons (Fsp3) is 0.0476. The van der Waals surface area contributed by atoms with E-state index in [2.05, 4.69) is 132 Å². The maximum atomic E-state index is 6.55. The predicted octanol–water partition coefficient (Wildman–Crippen LogP) is 11.9. The minimum atomic E-state index is 0.178. The van der Waals surface area contributed by atoms with Crippen molar-refractivity contribution in [2.24, 2.45) is 0 Å². The summed E-state index contributed by atoms with van der Waals surface area (Å²) in [5, 5.41) is 10.4. The number of fused-ring (bicyclic) bond motifs is 8. The minimum Gasteiger partial charge on any atom is -0.455 e. The Bertz CT molecular complexity index is 2570. The number of rotatable bonds is 3. The molecular weight excluding hydrogens is 564 g/mol. The molecule has 10 rings (SSSR count). The lowest BCUT2D eigenvalue weighted by Crippen LogP contribution is -2.28. The summed E-state index contributed by atoms with van der Waals surface area (Å²) in [4.78, 5) is 2.36. The first-order valence-corrected chi connectivity index (χ1v) is 15.7. The predicted molar refractivity (Wildman–Crippen MR) is 191 cm³/mol. The van der Waals surface area contributed by atoms with Gasteiger partial charge in [-0.2, -0.15) is 0 Å². The van der Waals surface area contributed by atoms with Crippen LogP contribution in [0.25, 0.3) is 76.9 Å². The van der Waals surface area contributed by atoms with Gasteiger partial charge in [0.05, 0.1) is 16.9 Å². The molecule has 1 aliphatic heterocycles. The standard InChI is InChI=1S/C42H28N2O2/c1-25-43-36-13-4-5-14-37(36)44(25)31-10-8-9-26(23-31)27-17-18-29-22-30(20-19-28(29)21-27)40-41-34(32-11-2-6-15-38(32)45-41)24-35-33-12-3-7-16-39(33)46-42(35)40/h2-25,43H,1H3. The second kappa shape index (κ2) is 9.50. The molecule has 0 fully saturated rings. The average Bonchev–Trinajstić information content (AvgIpc) is 3.77. The number of furan rings is 2. The van der Waals surface area contributed by atoms with Crippen LogP contribution in [0, 0.1) is 0 Å². The molecular formula is C42H28N2O2. The van der Waals surface area contributed by atoms with Gasteiger partial charge in [0.2, 0.25) is 0 Å². The summed E-state index contributed by atoms with van der Waals surface area (Å²) in [5.41, 5.74) is 11.5. The maximum Gasteiger partial charge on any atom is 0.147 e. The van der Waals surface area contributed by atoms with Crippen LogP contribution in [0.4, 0.5) is 17.1 Å². The molecule has 1 unspecified atom stereocenters. The third kappa shape index (κ3) is 3.67. The summed E-state index contributed by atoms with van der Waals surface area (Å²) in [7, 11) is 0. The van der Waals surface area contributed by atoms with Crippen LogP contribution in [0.2, 0.25) is 0 Å². The highest BCUT2D eigenvalue weighted by molar-refractivity contribution is 6.22. The highest BCUT2D eigenvalue weighted by atomic mass is 16.3. The van der Waals surface area contributed by atoms with Crippen molar-refractivity contribution >= 4 is 71.7 Å². The molecule has 1 N–H and O–H groups in total. The zero-order chi connectivity index (χ0) is 30.4. The molecule has 0 radical (unpaired) electrons. The first-order chi connectivity index (χ1) is 22.7. The van der Waals surface area contributed by atoms with E-state index in [0.29, 0.717) is 0 Å². The Morgan fingerprint density at radius 1 is 0.522 bits per heavy atom. The molecule has 0 saturated heterocycles. The fourth-order valence-electron chi connectivity index (χ4n) is 7.38. The molecule has 3 heterocycles. The molecule has 0 spiro atoms. The smallest absolute Gasteiger partial charge is 0.147 e. The van der Waals surface area contributed by atoms with Crippen molar-refractivity contribution in [1.29, 1.82) is 0 Å². The van der Waals surface area contributed by atoms with Crippen molar-refractivity contribution in [3.05, 3.63) is 140 Å². The average molecular weight is 593 g/mol. The van der Waals surface area contributed by atoms with Crippen molar-refractivity contribution in [3.8, 4) is 22.3 Å². The fourth-order valence-corrected chi connectivity index (χ4v) is 7.38. The van der Waals surface area contributed by atoms with E-state index >= 15 is 0 Å². The van der Waals surface area contributed by atoms with Crippen molar-refractivity contribution in [2.45, 2.75) is 13.1 Å². The van der Waals surface area contributed by atoms with E-state index in [9.17, 15) is 0 Å². The molecule has 218 valence electrons. The Kier molecular flexibility index (Phi) is 5.23. The first kappa shape index (κ1) is 25.3. The zero-order valence-corrected chi connectivity index (χ0v) is 25.1. The molecule has 1 atom stereocenters. The van der Waals surface area contributed by atoms with Gasteiger partial charge < -0.3 is 19.1 Å².